The SMILES string of the molecule is CCOC(=O)c1ccc(Cl)c(C#N)c1S. The summed E-state index contributed by atoms with van der Waals surface area (Å²) in [6, 6.07) is 4.85. The number of nitriles is 1. The average Bonchev–Trinajstić information content (AvgIpc) is 2.18. The topological polar surface area (TPSA) is 50.1 Å². The monoisotopic (exact) mass is 241 g/mol. The lowest BCUT2D eigenvalue weighted by Gasteiger charge is -2.06. The van der Waals surface area contributed by atoms with Gasteiger partial charge in [0.25, 0.3) is 0 Å². The van der Waals surface area contributed by atoms with Crippen molar-refractivity contribution in [2.75, 3.05) is 6.61 Å². The highest BCUT2D eigenvalue weighted by molar-refractivity contribution is 7.80. The van der Waals surface area contributed by atoms with Crippen molar-refractivity contribution in [2.45, 2.75) is 11.8 Å². The molecule has 0 aromatic heterocycles. The minimum atomic E-state index is -0.504. The van der Waals surface area contributed by atoms with Crippen molar-refractivity contribution in [1.82, 2.24) is 0 Å². The molecule has 0 saturated heterocycles. The standard InChI is InChI=1S/C10H8ClNO2S/c1-2-14-10(13)6-3-4-8(11)7(5-12)9(6)15/h3-4,15H,2H2,1H3. The highest BCUT2D eigenvalue weighted by Gasteiger charge is 2.15. The van der Waals surface area contributed by atoms with Crippen LogP contribution in [0.3, 0.4) is 0 Å². The molecule has 1 aromatic rings. The van der Waals surface area contributed by atoms with Crippen LogP contribution in [0, 0.1) is 11.3 Å². The van der Waals surface area contributed by atoms with Gasteiger partial charge in [0.05, 0.1) is 22.8 Å². The Morgan fingerprint density at radius 3 is 2.87 bits per heavy atom. The van der Waals surface area contributed by atoms with Gasteiger partial charge in [-0.25, -0.2) is 4.79 Å². The number of nitrogens with zero attached hydrogens (tertiary/aromatic N) is 1. The molecule has 0 N–H and O–H groups in total. The maximum atomic E-state index is 11.4. The number of halogens is 1. The van der Waals surface area contributed by atoms with E-state index in [4.69, 9.17) is 21.6 Å². The molecule has 15 heavy (non-hydrogen) atoms. The van der Waals surface area contributed by atoms with Crippen LogP contribution in [0.15, 0.2) is 17.0 Å². The van der Waals surface area contributed by atoms with Gasteiger partial charge in [0.2, 0.25) is 0 Å². The first kappa shape index (κ1) is 11.9. The summed E-state index contributed by atoms with van der Waals surface area (Å²) >= 11 is 9.85. The number of hydrogen-bond donors (Lipinski definition) is 1. The Labute approximate surface area is 98.0 Å². The van der Waals surface area contributed by atoms with Gasteiger partial charge in [0.15, 0.2) is 0 Å². The molecule has 0 radical (unpaired) electrons. The zero-order chi connectivity index (χ0) is 11.4. The fourth-order valence-electron chi connectivity index (χ4n) is 1.05. The van der Waals surface area contributed by atoms with Gasteiger partial charge < -0.3 is 4.74 Å². The van der Waals surface area contributed by atoms with E-state index < -0.39 is 5.97 Å². The van der Waals surface area contributed by atoms with E-state index in [1.54, 1.807) is 6.92 Å². The van der Waals surface area contributed by atoms with Gasteiger partial charge in [0.1, 0.15) is 6.07 Å². The van der Waals surface area contributed by atoms with E-state index in [1.165, 1.54) is 12.1 Å². The number of esters is 1. The third-order valence-corrected chi connectivity index (χ3v) is 2.51. The Kier molecular flexibility index (Phi) is 4.01. The van der Waals surface area contributed by atoms with E-state index in [0.717, 1.165) is 0 Å². The van der Waals surface area contributed by atoms with Crippen molar-refractivity contribution in [1.29, 1.82) is 5.26 Å². The van der Waals surface area contributed by atoms with Crippen LogP contribution in [0.2, 0.25) is 5.02 Å². The summed E-state index contributed by atoms with van der Waals surface area (Å²) in [5.74, 6) is -0.504. The zero-order valence-electron chi connectivity index (χ0n) is 7.95. The number of benzene rings is 1. The van der Waals surface area contributed by atoms with E-state index in [9.17, 15) is 4.79 Å². The highest BCUT2D eigenvalue weighted by atomic mass is 35.5. The lowest BCUT2D eigenvalue weighted by molar-refractivity contribution is 0.0522. The summed E-state index contributed by atoms with van der Waals surface area (Å²) in [5, 5.41) is 9.07. The smallest absolute Gasteiger partial charge is 0.339 e. The lowest BCUT2D eigenvalue weighted by Crippen LogP contribution is -2.06. The molecule has 0 aliphatic rings. The fourth-order valence-corrected chi connectivity index (χ4v) is 1.65. The van der Waals surface area contributed by atoms with E-state index in [-0.39, 0.29) is 27.7 Å². The van der Waals surface area contributed by atoms with Gasteiger partial charge in [-0.15, -0.1) is 12.6 Å². The molecule has 1 rings (SSSR count). The summed E-state index contributed by atoms with van der Waals surface area (Å²) in [6.45, 7) is 1.98. The van der Waals surface area contributed by atoms with Crippen molar-refractivity contribution in [3.63, 3.8) is 0 Å². The third-order valence-electron chi connectivity index (χ3n) is 1.73. The van der Waals surface area contributed by atoms with Crippen molar-refractivity contribution in [2.24, 2.45) is 0 Å². The van der Waals surface area contributed by atoms with Crippen molar-refractivity contribution >= 4 is 30.2 Å². The van der Waals surface area contributed by atoms with Gasteiger partial charge in [-0.05, 0) is 19.1 Å². The molecular weight excluding hydrogens is 234 g/mol. The van der Waals surface area contributed by atoms with Crippen molar-refractivity contribution in [3.8, 4) is 6.07 Å². The van der Waals surface area contributed by atoms with Gasteiger partial charge in [-0.3, -0.25) is 0 Å². The normalized spacial score (nSPS) is 9.47. The molecule has 0 amide bonds. The molecular formula is C10H8ClNO2S. The lowest BCUT2D eigenvalue weighted by atomic mass is 10.1. The molecule has 5 heteroatoms. The van der Waals surface area contributed by atoms with Gasteiger partial charge in [-0.1, -0.05) is 11.6 Å². The molecule has 0 bridgehead atoms. The van der Waals surface area contributed by atoms with E-state index >= 15 is 0 Å². The Morgan fingerprint density at radius 2 is 2.33 bits per heavy atom. The third kappa shape index (κ3) is 2.44. The molecule has 78 valence electrons. The molecule has 0 aliphatic carbocycles. The molecule has 3 nitrogen and oxygen atoms in total. The largest absolute Gasteiger partial charge is 0.462 e. The first-order valence-corrected chi connectivity index (χ1v) is 5.03. The van der Waals surface area contributed by atoms with Crippen LogP contribution in [0.25, 0.3) is 0 Å². The predicted molar refractivity (Wildman–Crippen MR) is 59.4 cm³/mol. The molecule has 0 aliphatic heterocycles. The number of carbonyl (C=O) groups excluding carboxylic acids is 1. The molecule has 0 fully saturated rings. The van der Waals surface area contributed by atoms with Crippen LogP contribution >= 0.6 is 24.2 Å². The number of rotatable bonds is 2. The molecule has 0 saturated carbocycles. The number of thiol groups is 1. The number of ether oxygens (including phenoxy) is 1. The van der Waals surface area contributed by atoms with Crippen LogP contribution < -0.4 is 0 Å². The molecule has 0 spiro atoms. The fraction of sp³-hybridized carbons (Fsp3) is 0.200. The summed E-state index contributed by atoms with van der Waals surface area (Å²) in [5.41, 5.74) is 0.437. The quantitative estimate of drug-likeness (QED) is 0.640. The summed E-state index contributed by atoms with van der Waals surface area (Å²) in [7, 11) is 0. The van der Waals surface area contributed by atoms with Gasteiger partial charge in [-0.2, -0.15) is 5.26 Å². The Bertz CT molecular complexity index is 440. The van der Waals surface area contributed by atoms with Gasteiger partial charge in [0, 0.05) is 4.90 Å². The van der Waals surface area contributed by atoms with E-state index in [0.29, 0.717) is 0 Å². The molecule has 1 aromatic carbocycles. The van der Waals surface area contributed by atoms with Crippen LogP contribution in [-0.4, -0.2) is 12.6 Å². The van der Waals surface area contributed by atoms with Crippen LogP contribution in [0.1, 0.15) is 22.8 Å². The Morgan fingerprint density at radius 1 is 1.67 bits per heavy atom. The average molecular weight is 242 g/mol. The minimum absolute atomic E-state index is 0.186. The molecule has 0 unspecified atom stereocenters. The summed E-state index contributed by atoms with van der Waals surface area (Å²) in [4.78, 5) is 11.7. The number of hydrogen-bond acceptors (Lipinski definition) is 4. The number of carbonyl (C=O) groups is 1. The van der Waals surface area contributed by atoms with Crippen molar-refractivity contribution in [3.05, 3.63) is 28.3 Å². The highest BCUT2D eigenvalue weighted by Crippen LogP contribution is 2.26. The summed E-state index contributed by atoms with van der Waals surface area (Å²) in [6.07, 6.45) is 0. The first-order valence-electron chi connectivity index (χ1n) is 4.20. The second kappa shape index (κ2) is 5.06. The van der Waals surface area contributed by atoms with E-state index in [2.05, 4.69) is 12.6 Å². The Balaban J connectivity index is 3.23. The minimum Gasteiger partial charge on any atom is -0.462 e. The predicted octanol–water partition coefficient (Wildman–Crippen LogP) is 2.68. The maximum Gasteiger partial charge on any atom is 0.339 e. The Hall–Kier alpha value is -1.18. The van der Waals surface area contributed by atoms with Crippen LogP contribution in [0.5, 0.6) is 0 Å². The van der Waals surface area contributed by atoms with Crippen molar-refractivity contribution < 1.29 is 9.53 Å². The summed E-state index contributed by atoms with van der Waals surface area (Å²) < 4.78 is 4.81. The maximum absolute atomic E-state index is 11.4. The van der Waals surface area contributed by atoms with Crippen LogP contribution in [-0.2, 0) is 4.74 Å². The molecule has 0 atom stereocenters. The second-order valence-electron chi connectivity index (χ2n) is 2.65. The molecule has 0 heterocycles. The second-order valence-corrected chi connectivity index (χ2v) is 3.51. The van der Waals surface area contributed by atoms with Crippen LogP contribution in [0.4, 0.5) is 0 Å². The first-order chi connectivity index (χ1) is 7.11. The van der Waals surface area contributed by atoms with Gasteiger partial charge >= 0.3 is 5.97 Å². The van der Waals surface area contributed by atoms with E-state index in [1.807, 2.05) is 6.07 Å². The zero-order valence-corrected chi connectivity index (χ0v) is 9.60.